The van der Waals surface area contributed by atoms with E-state index < -0.39 is 0 Å². The van der Waals surface area contributed by atoms with Crippen LogP contribution in [0.4, 0.5) is 0 Å². The van der Waals surface area contributed by atoms with Crippen molar-refractivity contribution in [3.63, 3.8) is 0 Å². The van der Waals surface area contributed by atoms with E-state index in [0.717, 1.165) is 24.4 Å². The molecule has 1 rings (SSSR count). The zero-order chi connectivity index (χ0) is 12.7. The van der Waals surface area contributed by atoms with Gasteiger partial charge in [0, 0.05) is 18.2 Å². The molecule has 0 aliphatic heterocycles. The molecule has 3 heteroatoms. The van der Waals surface area contributed by atoms with Gasteiger partial charge in [0.25, 0.3) is 0 Å². The van der Waals surface area contributed by atoms with Gasteiger partial charge in [0.05, 0.1) is 6.10 Å². The maximum atomic E-state index is 5.90. The van der Waals surface area contributed by atoms with E-state index in [1.807, 2.05) is 12.1 Å². The number of methoxy groups -OCH3 is 1. The van der Waals surface area contributed by atoms with Crippen molar-refractivity contribution in [1.29, 1.82) is 0 Å². The van der Waals surface area contributed by atoms with E-state index in [0.29, 0.717) is 12.1 Å². The van der Waals surface area contributed by atoms with E-state index in [4.69, 9.17) is 16.3 Å². The van der Waals surface area contributed by atoms with E-state index in [1.165, 1.54) is 5.56 Å². The summed E-state index contributed by atoms with van der Waals surface area (Å²) >= 11 is 5.90. The number of halogens is 1. The summed E-state index contributed by atoms with van der Waals surface area (Å²) in [4.78, 5) is 0. The van der Waals surface area contributed by atoms with E-state index >= 15 is 0 Å². The number of benzene rings is 1. The molecular weight excluding hydrogens is 234 g/mol. The van der Waals surface area contributed by atoms with Gasteiger partial charge >= 0.3 is 0 Å². The molecule has 0 spiro atoms. The Morgan fingerprint density at radius 3 is 2.41 bits per heavy atom. The zero-order valence-electron chi connectivity index (χ0n) is 10.9. The summed E-state index contributed by atoms with van der Waals surface area (Å²) in [5.74, 6) is 0. The lowest BCUT2D eigenvalue weighted by Crippen LogP contribution is -2.22. The average molecular weight is 256 g/mol. The van der Waals surface area contributed by atoms with Crippen LogP contribution in [0.5, 0.6) is 0 Å². The van der Waals surface area contributed by atoms with Gasteiger partial charge in [-0.25, -0.2) is 0 Å². The van der Waals surface area contributed by atoms with Gasteiger partial charge < -0.3 is 10.1 Å². The normalized spacial score (nSPS) is 14.6. The topological polar surface area (TPSA) is 21.3 Å². The summed E-state index contributed by atoms with van der Waals surface area (Å²) in [6.07, 6.45) is 2.44. The summed E-state index contributed by atoms with van der Waals surface area (Å²) in [5, 5.41) is 4.29. The molecule has 1 aromatic rings. The second-order valence-electron chi connectivity index (χ2n) is 4.29. The third-order valence-corrected chi connectivity index (χ3v) is 3.24. The second-order valence-corrected chi connectivity index (χ2v) is 4.72. The summed E-state index contributed by atoms with van der Waals surface area (Å²) < 4.78 is 5.28. The van der Waals surface area contributed by atoms with E-state index in [2.05, 4.69) is 31.3 Å². The molecule has 2 unspecified atom stereocenters. The molecular formula is C14H22ClNO. The Bertz CT molecular complexity index is 313. The van der Waals surface area contributed by atoms with Gasteiger partial charge in [-0.3, -0.25) is 0 Å². The smallest absolute Gasteiger partial charge is 0.0543 e. The number of nitrogens with one attached hydrogen (secondary N) is 1. The minimum absolute atomic E-state index is 0.309. The van der Waals surface area contributed by atoms with Crippen LogP contribution in [0.1, 0.15) is 38.3 Å². The van der Waals surface area contributed by atoms with Crippen LogP contribution >= 0.6 is 11.6 Å². The predicted molar refractivity (Wildman–Crippen MR) is 73.6 cm³/mol. The van der Waals surface area contributed by atoms with Gasteiger partial charge in [0.2, 0.25) is 0 Å². The summed E-state index contributed by atoms with van der Waals surface area (Å²) in [6.45, 7) is 5.20. The minimum atomic E-state index is 0.309. The van der Waals surface area contributed by atoms with E-state index in [1.54, 1.807) is 7.11 Å². The van der Waals surface area contributed by atoms with Gasteiger partial charge in [-0.15, -0.1) is 0 Å². The Labute approximate surface area is 109 Å². The SMILES string of the molecule is CCNC(CCC(C)OC)c1ccc(Cl)cc1. The molecule has 1 N–H and O–H groups in total. The number of hydrogen-bond acceptors (Lipinski definition) is 2. The molecule has 0 aromatic heterocycles. The van der Waals surface area contributed by atoms with Gasteiger partial charge in [0.1, 0.15) is 0 Å². The van der Waals surface area contributed by atoms with Crippen LogP contribution in [-0.4, -0.2) is 19.8 Å². The lowest BCUT2D eigenvalue weighted by atomic mass is 10.0. The highest BCUT2D eigenvalue weighted by molar-refractivity contribution is 6.30. The van der Waals surface area contributed by atoms with Crippen molar-refractivity contribution < 1.29 is 4.74 Å². The first-order valence-electron chi connectivity index (χ1n) is 6.19. The molecule has 0 saturated heterocycles. The van der Waals surface area contributed by atoms with Crippen molar-refractivity contribution in [2.24, 2.45) is 0 Å². The van der Waals surface area contributed by atoms with Crippen molar-refractivity contribution in [1.82, 2.24) is 5.32 Å². The van der Waals surface area contributed by atoms with Crippen LogP contribution in [-0.2, 0) is 4.74 Å². The molecule has 0 saturated carbocycles. The van der Waals surface area contributed by atoms with Crippen LogP contribution in [0.3, 0.4) is 0 Å². The molecule has 0 aliphatic rings. The first-order chi connectivity index (χ1) is 8.17. The third-order valence-electron chi connectivity index (χ3n) is 2.99. The zero-order valence-corrected chi connectivity index (χ0v) is 11.6. The van der Waals surface area contributed by atoms with Gasteiger partial charge in [-0.2, -0.15) is 0 Å². The highest BCUT2D eigenvalue weighted by atomic mass is 35.5. The summed E-state index contributed by atoms with van der Waals surface area (Å²) in [6, 6.07) is 8.46. The lowest BCUT2D eigenvalue weighted by molar-refractivity contribution is 0.106. The van der Waals surface area contributed by atoms with Crippen LogP contribution in [0, 0.1) is 0 Å². The monoisotopic (exact) mass is 255 g/mol. The fourth-order valence-corrected chi connectivity index (χ4v) is 1.97. The van der Waals surface area contributed by atoms with Crippen LogP contribution in [0.2, 0.25) is 5.02 Å². The molecule has 0 bridgehead atoms. The predicted octanol–water partition coefficient (Wildman–Crippen LogP) is 3.81. The van der Waals surface area contributed by atoms with E-state index in [9.17, 15) is 0 Å². The Morgan fingerprint density at radius 2 is 1.88 bits per heavy atom. The molecule has 0 aliphatic carbocycles. The highest BCUT2D eigenvalue weighted by Gasteiger charge is 2.11. The van der Waals surface area contributed by atoms with E-state index in [-0.39, 0.29) is 0 Å². The number of hydrogen-bond donors (Lipinski definition) is 1. The summed E-state index contributed by atoms with van der Waals surface area (Å²) in [5.41, 5.74) is 1.29. The molecule has 96 valence electrons. The Hall–Kier alpha value is -0.570. The van der Waals surface area contributed by atoms with Crippen molar-refractivity contribution in [2.45, 2.75) is 38.8 Å². The van der Waals surface area contributed by atoms with Gasteiger partial charge in [-0.1, -0.05) is 30.7 Å². The fraction of sp³-hybridized carbons (Fsp3) is 0.571. The molecule has 2 atom stereocenters. The largest absolute Gasteiger partial charge is 0.382 e. The molecule has 0 radical (unpaired) electrons. The molecule has 0 heterocycles. The highest BCUT2D eigenvalue weighted by Crippen LogP contribution is 2.21. The Balaban J connectivity index is 2.61. The molecule has 2 nitrogen and oxygen atoms in total. The average Bonchev–Trinajstić information content (AvgIpc) is 2.35. The first kappa shape index (κ1) is 14.5. The van der Waals surface area contributed by atoms with Crippen molar-refractivity contribution >= 4 is 11.6 Å². The first-order valence-corrected chi connectivity index (χ1v) is 6.56. The van der Waals surface area contributed by atoms with Crippen molar-refractivity contribution in [3.05, 3.63) is 34.9 Å². The number of rotatable bonds is 7. The Morgan fingerprint density at radius 1 is 1.24 bits per heavy atom. The Kier molecular flexibility index (Phi) is 6.56. The van der Waals surface area contributed by atoms with Gasteiger partial charge in [0.15, 0.2) is 0 Å². The minimum Gasteiger partial charge on any atom is -0.382 e. The van der Waals surface area contributed by atoms with Crippen molar-refractivity contribution in [3.8, 4) is 0 Å². The second kappa shape index (κ2) is 7.70. The molecule has 1 aromatic carbocycles. The van der Waals surface area contributed by atoms with Crippen LogP contribution < -0.4 is 5.32 Å². The standard InChI is InChI=1S/C14H22ClNO/c1-4-16-14(10-5-11(2)17-3)12-6-8-13(15)9-7-12/h6-9,11,14,16H,4-5,10H2,1-3H3. The van der Waals surface area contributed by atoms with Crippen molar-refractivity contribution in [2.75, 3.05) is 13.7 Å². The molecule has 0 amide bonds. The maximum absolute atomic E-state index is 5.90. The van der Waals surface area contributed by atoms with Crippen LogP contribution in [0.15, 0.2) is 24.3 Å². The molecule has 0 fully saturated rings. The lowest BCUT2D eigenvalue weighted by Gasteiger charge is -2.20. The van der Waals surface area contributed by atoms with Gasteiger partial charge in [-0.05, 0) is 44.0 Å². The quantitative estimate of drug-likeness (QED) is 0.800. The maximum Gasteiger partial charge on any atom is 0.0543 e. The van der Waals surface area contributed by atoms with Crippen LogP contribution in [0.25, 0.3) is 0 Å². The molecule has 17 heavy (non-hydrogen) atoms. The fourth-order valence-electron chi connectivity index (χ4n) is 1.85. The summed E-state index contributed by atoms with van der Waals surface area (Å²) in [7, 11) is 1.76. The third kappa shape index (κ3) is 5.07. The number of ether oxygens (including phenoxy) is 1.